The highest BCUT2D eigenvalue weighted by Gasteiger charge is 2.19. The van der Waals surface area contributed by atoms with E-state index in [9.17, 15) is 5.11 Å². The lowest BCUT2D eigenvalue weighted by Crippen LogP contribution is -2.24. The number of furan rings is 1. The summed E-state index contributed by atoms with van der Waals surface area (Å²) in [6.45, 7) is 1.30. The molecule has 1 N–H and O–H groups in total. The van der Waals surface area contributed by atoms with Crippen molar-refractivity contribution in [2.75, 3.05) is 0 Å². The third-order valence-electron chi connectivity index (χ3n) is 2.19. The van der Waals surface area contributed by atoms with Crippen LogP contribution in [0.25, 0.3) is 0 Å². The third kappa shape index (κ3) is 3.45. The zero-order valence-corrected chi connectivity index (χ0v) is 10.3. The van der Waals surface area contributed by atoms with Gasteiger partial charge in [-0.2, -0.15) is 0 Å². The Hall–Kier alpha value is -0.0852. The van der Waals surface area contributed by atoms with Crippen molar-refractivity contribution < 1.29 is 9.52 Å². The molecule has 1 atom stereocenters. The Morgan fingerprint density at radius 2 is 2.27 bits per heavy atom. The zero-order chi connectivity index (χ0) is 11.4. The van der Waals surface area contributed by atoms with Gasteiger partial charge in [0.15, 0.2) is 0 Å². The predicted molar refractivity (Wildman–Crippen MR) is 67.2 cm³/mol. The molecular formula is C9H12B3BrO2. The Bertz CT molecular complexity index is 314. The third-order valence-corrected chi connectivity index (χ3v) is 2.86. The molecule has 0 fully saturated rings. The minimum atomic E-state index is -0.948. The molecule has 0 aliphatic rings. The van der Waals surface area contributed by atoms with Crippen LogP contribution in [0.2, 0.25) is 0 Å². The van der Waals surface area contributed by atoms with Gasteiger partial charge in [0.25, 0.3) is 0 Å². The smallest absolute Gasteiger partial charge is 0.124 e. The van der Waals surface area contributed by atoms with E-state index in [1.165, 1.54) is 0 Å². The Morgan fingerprint density at radius 1 is 1.60 bits per heavy atom. The lowest BCUT2D eigenvalue weighted by atomic mass is 9.16. The van der Waals surface area contributed by atoms with Crippen LogP contribution in [0, 0.1) is 0 Å². The van der Waals surface area contributed by atoms with Crippen molar-refractivity contribution >= 4 is 37.9 Å². The van der Waals surface area contributed by atoms with E-state index < -0.39 is 12.5 Å². The maximum absolute atomic E-state index is 9.60. The van der Waals surface area contributed by atoms with Crippen LogP contribution in [-0.4, -0.2) is 27.1 Å². The van der Waals surface area contributed by atoms with E-state index in [0.29, 0.717) is 5.76 Å². The van der Waals surface area contributed by atoms with Gasteiger partial charge in [-0.1, -0.05) is 13.3 Å². The highest BCUT2D eigenvalue weighted by atomic mass is 79.9. The summed E-state index contributed by atoms with van der Waals surface area (Å²) in [6.07, 6.45) is 3.00. The fourth-order valence-electron chi connectivity index (χ4n) is 1.27. The van der Waals surface area contributed by atoms with Gasteiger partial charge in [-0.25, -0.2) is 0 Å². The van der Waals surface area contributed by atoms with Gasteiger partial charge in [0.2, 0.25) is 0 Å². The molecule has 0 unspecified atom stereocenters. The summed E-state index contributed by atoms with van der Waals surface area (Å²) in [5, 5.41) is 9.60. The molecule has 0 bridgehead atoms. The van der Waals surface area contributed by atoms with Gasteiger partial charge >= 0.3 is 0 Å². The lowest BCUT2D eigenvalue weighted by Gasteiger charge is -2.09. The number of unbranched alkanes of at least 4 members (excludes halogenated alkanes) is 1. The van der Waals surface area contributed by atoms with Crippen LogP contribution < -0.4 is 0 Å². The Kier molecular flexibility index (Phi) is 5.06. The van der Waals surface area contributed by atoms with Crippen LogP contribution in [0.3, 0.4) is 0 Å². The van der Waals surface area contributed by atoms with Gasteiger partial charge in [-0.05, 0) is 28.4 Å². The second-order valence-corrected chi connectivity index (χ2v) is 4.40. The van der Waals surface area contributed by atoms with Crippen molar-refractivity contribution in [3.63, 3.8) is 0 Å². The van der Waals surface area contributed by atoms with E-state index in [1.54, 1.807) is 6.07 Å². The van der Waals surface area contributed by atoms with Crippen LogP contribution in [0.4, 0.5) is 0 Å². The van der Waals surface area contributed by atoms with Crippen LogP contribution >= 0.6 is 15.9 Å². The number of hydrogen-bond acceptors (Lipinski definition) is 2. The molecule has 0 amide bonds. The number of halogens is 1. The highest BCUT2D eigenvalue weighted by Crippen LogP contribution is 2.27. The summed E-state index contributed by atoms with van der Waals surface area (Å²) < 4.78 is 6.35. The normalized spacial score (nSPS) is 12.7. The van der Waals surface area contributed by atoms with Crippen molar-refractivity contribution in [2.24, 2.45) is 0 Å². The molecule has 0 saturated carbocycles. The van der Waals surface area contributed by atoms with E-state index >= 15 is 0 Å². The minimum Gasteiger partial charge on any atom is -0.463 e. The molecule has 1 rings (SSSR count). The SMILES string of the molecule is [B]B([B])[C@H](O)c1cc(Br)c(CCCC)o1. The summed E-state index contributed by atoms with van der Waals surface area (Å²) in [5.74, 6) is 1.26. The van der Waals surface area contributed by atoms with Crippen molar-refractivity contribution in [3.8, 4) is 0 Å². The zero-order valence-electron chi connectivity index (χ0n) is 8.74. The van der Waals surface area contributed by atoms with Crippen molar-refractivity contribution in [2.45, 2.75) is 32.2 Å². The molecule has 4 radical (unpaired) electrons. The molecule has 1 aromatic heterocycles. The fraction of sp³-hybridized carbons (Fsp3) is 0.556. The first-order valence-corrected chi connectivity index (χ1v) is 5.83. The molecule has 6 heteroatoms. The Morgan fingerprint density at radius 3 is 2.80 bits per heavy atom. The number of aliphatic hydroxyl groups excluding tert-OH is 1. The lowest BCUT2D eigenvalue weighted by molar-refractivity contribution is 0.222. The summed E-state index contributed by atoms with van der Waals surface area (Å²) in [6, 6.07) is 0.777. The van der Waals surface area contributed by atoms with Crippen molar-refractivity contribution in [3.05, 3.63) is 22.1 Å². The van der Waals surface area contributed by atoms with Gasteiger partial charge in [0, 0.05) is 21.9 Å². The van der Waals surface area contributed by atoms with E-state index in [2.05, 4.69) is 22.9 Å². The van der Waals surface area contributed by atoms with Crippen LogP contribution in [-0.2, 0) is 6.42 Å². The van der Waals surface area contributed by atoms with E-state index in [1.807, 2.05) is 0 Å². The average Bonchev–Trinajstić information content (AvgIpc) is 2.55. The quantitative estimate of drug-likeness (QED) is 0.823. The summed E-state index contributed by atoms with van der Waals surface area (Å²) in [5.41, 5.74) is 0. The first-order chi connectivity index (χ1) is 7.06. The molecular weight excluding hydrogens is 252 g/mol. The Balaban J connectivity index is 2.76. The van der Waals surface area contributed by atoms with Gasteiger partial charge < -0.3 is 9.52 Å². The molecule has 76 valence electrons. The largest absolute Gasteiger partial charge is 0.463 e. The average molecular weight is 265 g/mol. The van der Waals surface area contributed by atoms with Gasteiger partial charge in [-0.15, -0.1) is 0 Å². The monoisotopic (exact) mass is 264 g/mol. The minimum absolute atomic E-state index is 0.419. The van der Waals surface area contributed by atoms with Crippen molar-refractivity contribution in [1.29, 1.82) is 0 Å². The molecule has 2 nitrogen and oxygen atoms in total. The number of rotatable bonds is 5. The Labute approximate surface area is 102 Å². The second kappa shape index (κ2) is 5.85. The molecule has 0 aliphatic carbocycles. The van der Waals surface area contributed by atoms with Crippen LogP contribution in [0.1, 0.15) is 37.3 Å². The maximum atomic E-state index is 9.60. The van der Waals surface area contributed by atoms with E-state index in [0.717, 1.165) is 29.5 Å². The summed E-state index contributed by atoms with van der Waals surface area (Å²) in [4.78, 5) is 0. The number of aryl methyl sites for hydroxylation is 1. The van der Waals surface area contributed by atoms with E-state index in [-0.39, 0.29) is 0 Å². The molecule has 0 spiro atoms. The first kappa shape index (κ1) is 13.0. The molecule has 15 heavy (non-hydrogen) atoms. The summed E-state index contributed by atoms with van der Waals surface area (Å²) >= 11 is 3.38. The van der Waals surface area contributed by atoms with Gasteiger partial charge in [-0.3, -0.25) is 0 Å². The molecule has 1 heterocycles. The molecule has 1 aromatic rings. The first-order valence-electron chi connectivity index (χ1n) is 5.03. The van der Waals surface area contributed by atoms with Crippen LogP contribution in [0.5, 0.6) is 0 Å². The standard InChI is InChI=1S/C9H12B3BrO2/c1-2-3-4-7-6(13)5-8(15-7)9(14)12(10)11/h5,9,14H,2-4H2,1H3/t9-/m1/s1. The fourth-order valence-corrected chi connectivity index (χ4v) is 1.77. The van der Waals surface area contributed by atoms with Gasteiger partial charge in [0.1, 0.15) is 11.5 Å². The van der Waals surface area contributed by atoms with E-state index in [4.69, 9.17) is 19.9 Å². The maximum Gasteiger partial charge on any atom is 0.124 e. The van der Waals surface area contributed by atoms with Crippen LogP contribution in [0.15, 0.2) is 15.0 Å². The number of hydrogen-bond donors (Lipinski definition) is 1. The second-order valence-electron chi connectivity index (χ2n) is 3.55. The number of aliphatic hydroxyl groups is 1. The molecule has 0 aliphatic heterocycles. The highest BCUT2D eigenvalue weighted by molar-refractivity contribution is 9.10. The topological polar surface area (TPSA) is 33.4 Å². The van der Waals surface area contributed by atoms with Gasteiger partial charge in [0.05, 0.1) is 17.0 Å². The van der Waals surface area contributed by atoms with Crippen molar-refractivity contribution in [1.82, 2.24) is 0 Å². The molecule has 0 aromatic carbocycles. The summed E-state index contributed by atoms with van der Waals surface area (Å²) in [7, 11) is 10.8. The molecule has 0 saturated heterocycles. The predicted octanol–water partition coefficient (Wildman–Crippen LogP) is 1.78.